The average molecular weight is 438 g/mol. The molecule has 122 valence electrons. The van der Waals surface area contributed by atoms with Crippen LogP contribution in [0.4, 0.5) is 0 Å². The second-order valence-corrected chi connectivity index (χ2v) is 7.01. The molecule has 0 bridgehead atoms. The molecule has 0 unspecified atom stereocenters. The van der Waals surface area contributed by atoms with Gasteiger partial charge in [-0.15, -0.1) is 0 Å². The van der Waals surface area contributed by atoms with Crippen LogP contribution in [0.1, 0.15) is 10.4 Å². The number of rotatable bonds is 2. The molecule has 0 aliphatic carbocycles. The molecule has 0 N–H and O–H groups in total. The summed E-state index contributed by atoms with van der Waals surface area (Å²) in [5.74, 6) is -0.315. The quantitative estimate of drug-likeness (QED) is 0.281. The lowest BCUT2D eigenvalue weighted by atomic mass is 9.90. The van der Waals surface area contributed by atoms with Gasteiger partial charge in [-0.3, -0.25) is 0 Å². The molecule has 0 aromatic heterocycles. The van der Waals surface area contributed by atoms with E-state index in [9.17, 15) is 4.79 Å². The molecule has 0 aliphatic heterocycles. The maximum atomic E-state index is 12.5. The lowest BCUT2D eigenvalue weighted by Gasteiger charge is -2.16. The fourth-order valence-electron chi connectivity index (χ4n) is 3.32. The number of ether oxygens (including phenoxy) is 1. The van der Waals surface area contributed by atoms with Crippen molar-refractivity contribution in [2.24, 2.45) is 0 Å². The first-order valence-corrected chi connectivity index (χ1v) is 9.06. The van der Waals surface area contributed by atoms with E-state index in [4.69, 9.17) is 4.74 Å². The number of benzene rings is 4. The molecule has 0 fully saturated rings. The SMILES string of the molecule is COC(=O)c1ccc2ccccc2c1-c1c(I)ccc2ccccc12. The highest BCUT2D eigenvalue weighted by Gasteiger charge is 2.20. The van der Waals surface area contributed by atoms with Gasteiger partial charge in [0.05, 0.1) is 12.7 Å². The van der Waals surface area contributed by atoms with Gasteiger partial charge in [-0.05, 0) is 56.3 Å². The molecule has 0 saturated carbocycles. The molecular weight excluding hydrogens is 423 g/mol. The molecule has 0 heterocycles. The molecule has 0 amide bonds. The molecule has 4 rings (SSSR count). The van der Waals surface area contributed by atoms with Crippen LogP contribution >= 0.6 is 22.6 Å². The van der Waals surface area contributed by atoms with Gasteiger partial charge in [0.15, 0.2) is 0 Å². The Morgan fingerprint density at radius 1 is 0.760 bits per heavy atom. The van der Waals surface area contributed by atoms with E-state index in [0.29, 0.717) is 5.56 Å². The number of esters is 1. The third-order valence-electron chi connectivity index (χ3n) is 4.46. The standard InChI is InChI=1S/C22H15IO2/c1-25-22(24)18-12-10-14-6-2-4-8-16(14)20(18)21-17-9-5-3-7-15(17)11-13-19(21)23/h2-13H,1H3. The third kappa shape index (κ3) is 2.68. The summed E-state index contributed by atoms with van der Waals surface area (Å²) >= 11 is 2.34. The summed E-state index contributed by atoms with van der Waals surface area (Å²) in [6.07, 6.45) is 0. The van der Waals surface area contributed by atoms with Gasteiger partial charge >= 0.3 is 5.97 Å². The summed E-state index contributed by atoms with van der Waals surface area (Å²) < 4.78 is 6.17. The lowest BCUT2D eigenvalue weighted by molar-refractivity contribution is 0.0602. The summed E-state index contributed by atoms with van der Waals surface area (Å²) in [5, 5.41) is 4.45. The molecule has 0 radical (unpaired) electrons. The van der Waals surface area contributed by atoms with Crippen molar-refractivity contribution in [2.75, 3.05) is 7.11 Å². The summed E-state index contributed by atoms with van der Waals surface area (Å²) in [5.41, 5.74) is 2.61. The zero-order valence-corrected chi connectivity index (χ0v) is 15.8. The fraction of sp³-hybridized carbons (Fsp3) is 0.0455. The van der Waals surface area contributed by atoms with E-state index in [-0.39, 0.29) is 5.97 Å². The van der Waals surface area contributed by atoms with Crippen LogP contribution in [0.5, 0.6) is 0 Å². The molecule has 4 aromatic rings. The van der Waals surface area contributed by atoms with E-state index in [1.807, 2.05) is 36.4 Å². The monoisotopic (exact) mass is 438 g/mol. The second-order valence-electron chi connectivity index (χ2n) is 5.84. The smallest absolute Gasteiger partial charge is 0.338 e. The number of hydrogen-bond donors (Lipinski definition) is 0. The fourth-order valence-corrected chi connectivity index (χ4v) is 4.06. The van der Waals surface area contributed by atoms with Gasteiger partial charge in [0.2, 0.25) is 0 Å². The number of methoxy groups -OCH3 is 1. The minimum absolute atomic E-state index is 0.315. The van der Waals surface area contributed by atoms with Gasteiger partial charge < -0.3 is 4.74 Å². The van der Waals surface area contributed by atoms with E-state index in [2.05, 4.69) is 59.0 Å². The van der Waals surface area contributed by atoms with Crippen molar-refractivity contribution >= 4 is 50.1 Å². The Kier molecular flexibility index (Phi) is 4.17. The zero-order valence-electron chi connectivity index (χ0n) is 13.6. The van der Waals surface area contributed by atoms with Crippen LogP contribution in [0.25, 0.3) is 32.7 Å². The van der Waals surface area contributed by atoms with Crippen molar-refractivity contribution in [1.29, 1.82) is 0 Å². The number of halogens is 1. The second kappa shape index (κ2) is 6.48. The third-order valence-corrected chi connectivity index (χ3v) is 5.36. The van der Waals surface area contributed by atoms with Crippen LogP contribution in [0.3, 0.4) is 0 Å². The van der Waals surface area contributed by atoms with Crippen LogP contribution in [0.2, 0.25) is 0 Å². The average Bonchev–Trinajstić information content (AvgIpc) is 2.67. The van der Waals surface area contributed by atoms with Crippen LogP contribution in [-0.2, 0) is 4.74 Å². The van der Waals surface area contributed by atoms with Gasteiger partial charge in [-0.2, -0.15) is 0 Å². The first kappa shape index (κ1) is 16.1. The Morgan fingerprint density at radius 3 is 1.96 bits per heavy atom. The molecular formula is C22H15IO2. The van der Waals surface area contributed by atoms with E-state index < -0.39 is 0 Å². The first-order chi connectivity index (χ1) is 12.2. The highest BCUT2D eigenvalue weighted by molar-refractivity contribution is 14.1. The number of carbonyl (C=O) groups is 1. The molecule has 3 heteroatoms. The minimum atomic E-state index is -0.315. The summed E-state index contributed by atoms with van der Waals surface area (Å²) in [7, 11) is 1.43. The van der Waals surface area contributed by atoms with Crippen molar-refractivity contribution in [3.8, 4) is 11.1 Å². The number of fused-ring (bicyclic) bond motifs is 2. The molecule has 0 saturated heterocycles. The Morgan fingerprint density at radius 2 is 1.32 bits per heavy atom. The van der Waals surface area contributed by atoms with Crippen molar-refractivity contribution in [3.05, 3.63) is 81.9 Å². The Balaban J connectivity index is 2.21. The Bertz CT molecular complexity index is 1120. The van der Waals surface area contributed by atoms with E-state index >= 15 is 0 Å². The predicted octanol–water partition coefficient (Wildman–Crippen LogP) is 6.05. The zero-order chi connectivity index (χ0) is 17.4. The molecule has 2 nitrogen and oxygen atoms in total. The molecule has 0 aliphatic rings. The number of hydrogen-bond acceptors (Lipinski definition) is 2. The van der Waals surface area contributed by atoms with Crippen LogP contribution in [-0.4, -0.2) is 13.1 Å². The van der Waals surface area contributed by atoms with Gasteiger partial charge in [-0.1, -0.05) is 60.7 Å². The van der Waals surface area contributed by atoms with Crippen LogP contribution < -0.4 is 0 Å². The topological polar surface area (TPSA) is 26.3 Å². The molecule has 0 atom stereocenters. The Hall–Kier alpha value is -2.40. The van der Waals surface area contributed by atoms with E-state index in [0.717, 1.165) is 36.2 Å². The highest BCUT2D eigenvalue weighted by atomic mass is 127. The van der Waals surface area contributed by atoms with Crippen molar-refractivity contribution < 1.29 is 9.53 Å². The summed E-state index contributed by atoms with van der Waals surface area (Å²) in [4.78, 5) is 12.5. The van der Waals surface area contributed by atoms with Gasteiger partial charge in [0, 0.05) is 14.7 Å². The lowest BCUT2D eigenvalue weighted by Crippen LogP contribution is -2.05. The maximum absolute atomic E-state index is 12.5. The van der Waals surface area contributed by atoms with Gasteiger partial charge in [0.1, 0.15) is 0 Å². The van der Waals surface area contributed by atoms with E-state index in [1.54, 1.807) is 0 Å². The molecule has 4 aromatic carbocycles. The highest BCUT2D eigenvalue weighted by Crippen LogP contribution is 2.39. The van der Waals surface area contributed by atoms with Crippen LogP contribution in [0, 0.1) is 3.57 Å². The van der Waals surface area contributed by atoms with Crippen molar-refractivity contribution in [1.82, 2.24) is 0 Å². The van der Waals surface area contributed by atoms with Crippen molar-refractivity contribution in [3.63, 3.8) is 0 Å². The maximum Gasteiger partial charge on any atom is 0.338 e. The van der Waals surface area contributed by atoms with E-state index in [1.165, 1.54) is 7.11 Å². The van der Waals surface area contributed by atoms with Gasteiger partial charge in [-0.25, -0.2) is 4.79 Å². The largest absolute Gasteiger partial charge is 0.465 e. The van der Waals surface area contributed by atoms with Crippen LogP contribution in [0.15, 0.2) is 72.8 Å². The molecule has 25 heavy (non-hydrogen) atoms. The summed E-state index contributed by atoms with van der Waals surface area (Å²) in [6, 6.07) is 24.5. The van der Waals surface area contributed by atoms with Gasteiger partial charge in [0.25, 0.3) is 0 Å². The van der Waals surface area contributed by atoms with Crippen molar-refractivity contribution in [2.45, 2.75) is 0 Å². The Labute approximate surface area is 159 Å². The first-order valence-electron chi connectivity index (χ1n) is 7.98. The number of carbonyl (C=O) groups excluding carboxylic acids is 1. The predicted molar refractivity (Wildman–Crippen MR) is 111 cm³/mol. The normalized spacial score (nSPS) is 11.0. The minimum Gasteiger partial charge on any atom is -0.465 e. The summed E-state index contributed by atoms with van der Waals surface area (Å²) in [6.45, 7) is 0. The molecule has 0 spiro atoms.